The second-order valence-electron chi connectivity index (χ2n) is 5.16. The van der Waals surface area contributed by atoms with E-state index in [0.717, 1.165) is 31.5 Å². The Kier molecular flexibility index (Phi) is 4.80. The van der Waals surface area contributed by atoms with Gasteiger partial charge in [-0.15, -0.1) is 0 Å². The zero-order valence-electron chi connectivity index (χ0n) is 11.3. The van der Waals surface area contributed by atoms with Crippen molar-refractivity contribution < 1.29 is 14.6 Å². The third-order valence-electron chi connectivity index (χ3n) is 3.58. The van der Waals surface area contributed by atoms with E-state index in [0.29, 0.717) is 11.7 Å². The molecule has 0 unspecified atom stereocenters. The van der Waals surface area contributed by atoms with Crippen molar-refractivity contribution in [2.45, 2.75) is 26.4 Å². The van der Waals surface area contributed by atoms with Crippen LogP contribution in [0.25, 0.3) is 0 Å². The summed E-state index contributed by atoms with van der Waals surface area (Å²) in [6.45, 7) is 3.94. The van der Waals surface area contributed by atoms with Crippen molar-refractivity contribution in [3.8, 4) is 5.75 Å². The lowest BCUT2D eigenvalue weighted by molar-refractivity contribution is -0.134. The van der Waals surface area contributed by atoms with E-state index in [1.807, 2.05) is 17.0 Å². The minimum Gasteiger partial charge on any atom is -0.484 e. The van der Waals surface area contributed by atoms with Crippen LogP contribution in [0, 0.1) is 5.92 Å². The quantitative estimate of drug-likeness (QED) is 0.901. The molecule has 1 aromatic rings. The van der Waals surface area contributed by atoms with Gasteiger partial charge in [-0.25, -0.2) is 0 Å². The average molecular weight is 263 g/mol. The highest BCUT2D eigenvalue weighted by Gasteiger charge is 2.20. The topological polar surface area (TPSA) is 49.8 Å². The summed E-state index contributed by atoms with van der Waals surface area (Å²) in [5.41, 5.74) is 0.789. The molecule has 0 atom stereocenters. The lowest BCUT2D eigenvalue weighted by Crippen LogP contribution is -2.40. The Balaban J connectivity index is 1.82. The molecule has 2 rings (SSSR count). The monoisotopic (exact) mass is 263 g/mol. The number of aliphatic hydroxyl groups is 1. The Morgan fingerprint density at radius 3 is 2.84 bits per heavy atom. The highest BCUT2D eigenvalue weighted by Crippen LogP contribution is 2.17. The van der Waals surface area contributed by atoms with Gasteiger partial charge in [-0.3, -0.25) is 4.79 Å². The van der Waals surface area contributed by atoms with Crippen LogP contribution in [-0.2, 0) is 11.4 Å². The maximum atomic E-state index is 12.0. The molecule has 0 spiro atoms. The first-order chi connectivity index (χ1) is 9.19. The molecular formula is C15H21NO3. The molecule has 1 aliphatic rings. The van der Waals surface area contributed by atoms with Crippen LogP contribution in [0.5, 0.6) is 5.75 Å². The molecule has 0 radical (unpaired) electrons. The first-order valence-electron chi connectivity index (χ1n) is 6.79. The van der Waals surface area contributed by atoms with Gasteiger partial charge < -0.3 is 14.7 Å². The molecule has 0 bridgehead atoms. The predicted molar refractivity (Wildman–Crippen MR) is 72.8 cm³/mol. The van der Waals surface area contributed by atoms with E-state index < -0.39 is 0 Å². The SMILES string of the molecule is CC1CCN(C(=O)COc2cccc(CO)c2)CC1. The molecule has 104 valence electrons. The molecule has 1 fully saturated rings. The summed E-state index contributed by atoms with van der Waals surface area (Å²) in [4.78, 5) is 13.9. The molecule has 0 saturated carbocycles. The third-order valence-corrected chi connectivity index (χ3v) is 3.58. The largest absolute Gasteiger partial charge is 0.484 e. The highest BCUT2D eigenvalue weighted by atomic mass is 16.5. The summed E-state index contributed by atoms with van der Waals surface area (Å²) < 4.78 is 5.49. The van der Waals surface area contributed by atoms with Gasteiger partial charge in [-0.2, -0.15) is 0 Å². The maximum absolute atomic E-state index is 12.0. The normalized spacial score (nSPS) is 16.4. The van der Waals surface area contributed by atoms with Crippen molar-refractivity contribution in [1.82, 2.24) is 4.90 Å². The van der Waals surface area contributed by atoms with Crippen molar-refractivity contribution in [3.05, 3.63) is 29.8 Å². The van der Waals surface area contributed by atoms with Crippen LogP contribution in [0.15, 0.2) is 24.3 Å². The van der Waals surface area contributed by atoms with Crippen LogP contribution >= 0.6 is 0 Å². The molecule has 19 heavy (non-hydrogen) atoms. The highest BCUT2D eigenvalue weighted by molar-refractivity contribution is 5.77. The van der Waals surface area contributed by atoms with Gasteiger partial charge in [0.25, 0.3) is 5.91 Å². The van der Waals surface area contributed by atoms with Gasteiger partial charge in [0.15, 0.2) is 6.61 Å². The number of likely N-dealkylation sites (tertiary alicyclic amines) is 1. The molecule has 1 aliphatic heterocycles. The zero-order chi connectivity index (χ0) is 13.7. The fourth-order valence-electron chi connectivity index (χ4n) is 2.23. The summed E-state index contributed by atoms with van der Waals surface area (Å²) in [6.07, 6.45) is 2.15. The van der Waals surface area contributed by atoms with Crippen molar-refractivity contribution in [2.24, 2.45) is 5.92 Å². The first-order valence-corrected chi connectivity index (χ1v) is 6.79. The van der Waals surface area contributed by atoms with Crippen LogP contribution in [-0.4, -0.2) is 35.6 Å². The molecular weight excluding hydrogens is 242 g/mol. The van der Waals surface area contributed by atoms with Gasteiger partial charge in [0.2, 0.25) is 0 Å². The lowest BCUT2D eigenvalue weighted by Gasteiger charge is -2.30. The Morgan fingerprint density at radius 2 is 2.16 bits per heavy atom. The maximum Gasteiger partial charge on any atom is 0.260 e. The number of carbonyl (C=O) groups excluding carboxylic acids is 1. The van der Waals surface area contributed by atoms with Gasteiger partial charge in [-0.05, 0) is 36.5 Å². The number of ether oxygens (including phenoxy) is 1. The van der Waals surface area contributed by atoms with Crippen LogP contribution in [0.2, 0.25) is 0 Å². The molecule has 0 aromatic heterocycles. The van der Waals surface area contributed by atoms with Crippen LogP contribution in [0.1, 0.15) is 25.3 Å². The fraction of sp³-hybridized carbons (Fsp3) is 0.533. The van der Waals surface area contributed by atoms with Crippen molar-refractivity contribution >= 4 is 5.91 Å². The Labute approximate surface area is 114 Å². The summed E-state index contributed by atoms with van der Waals surface area (Å²) in [5, 5.41) is 9.04. The predicted octanol–water partition coefficient (Wildman–Crippen LogP) is 1.82. The van der Waals surface area contributed by atoms with Gasteiger partial charge in [0.05, 0.1) is 6.61 Å². The van der Waals surface area contributed by atoms with Gasteiger partial charge >= 0.3 is 0 Å². The van der Waals surface area contributed by atoms with E-state index in [1.54, 1.807) is 12.1 Å². The molecule has 0 aliphatic carbocycles. The average Bonchev–Trinajstić information content (AvgIpc) is 2.46. The number of rotatable bonds is 4. The summed E-state index contributed by atoms with van der Waals surface area (Å²) >= 11 is 0. The summed E-state index contributed by atoms with van der Waals surface area (Å²) in [6, 6.07) is 7.19. The minimum absolute atomic E-state index is 0.0187. The van der Waals surface area contributed by atoms with E-state index in [2.05, 4.69) is 6.92 Å². The minimum atomic E-state index is -0.0187. The number of aliphatic hydroxyl groups excluding tert-OH is 1. The van der Waals surface area contributed by atoms with E-state index in [4.69, 9.17) is 9.84 Å². The molecule has 1 aromatic carbocycles. The molecule has 1 heterocycles. The number of benzene rings is 1. The van der Waals surface area contributed by atoms with Crippen LogP contribution < -0.4 is 4.74 Å². The van der Waals surface area contributed by atoms with Crippen LogP contribution in [0.4, 0.5) is 0 Å². The second kappa shape index (κ2) is 6.57. The first kappa shape index (κ1) is 13.9. The number of carbonyl (C=O) groups is 1. The van der Waals surface area contributed by atoms with E-state index in [1.165, 1.54) is 0 Å². The number of hydrogen-bond donors (Lipinski definition) is 1. The molecule has 1 N–H and O–H groups in total. The fourth-order valence-corrected chi connectivity index (χ4v) is 2.23. The van der Waals surface area contributed by atoms with Gasteiger partial charge in [0, 0.05) is 13.1 Å². The number of amides is 1. The lowest BCUT2D eigenvalue weighted by atomic mass is 9.99. The zero-order valence-corrected chi connectivity index (χ0v) is 11.3. The molecule has 4 heteroatoms. The van der Waals surface area contributed by atoms with Gasteiger partial charge in [0.1, 0.15) is 5.75 Å². The van der Waals surface area contributed by atoms with Crippen molar-refractivity contribution in [1.29, 1.82) is 0 Å². The van der Waals surface area contributed by atoms with E-state index in [-0.39, 0.29) is 19.1 Å². The Morgan fingerprint density at radius 1 is 1.42 bits per heavy atom. The van der Waals surface area contributed by atoms with E-state index in [9.17, 15) is 4.79 Å². The number of piperidine rings is 1. The standard InChI is InChI=1S/C15H21NO3/c1-12-5-7-16(8-6-12)15(18)11-19-14-4-2-3-13(9-14)10-17/h2-4,9,12,17H,5-8,10-11H2,1H3. The van der Waals surface area contributed by atoms with E-state index >= 15 is 0 Å². The molecule has 1 saturated heterocycles. The molecule has 1 amide bonds. The van der Waals surface area contributed by atoms with Crippen molar-refractivity contribution in [2.75, 3.05) is 19.7 Å². The number of nitrogens with zero attached hydrogens (tertiary/aromatic N) is 1. The van der Waals surface area contributed by atoms with Crippen LogP contribution in [0.3, 0.4) is 0 Å². The van der Waals surface area contributed by atoms with Crippen molar-refractivity contribution in [3.63, 3.8) is 0 Å². The Hall–Kier alpha value is -1.55. The smallest absolute Gasteiger partial charge is 0.260 e. The Bertz CT molecular complexity index is 425. The third kappa shape index (κ3) is 3.96. The number of hydrogen-bond acceptors (Lipinski definition) is 3. The summed E-state index contributed by atoms with van der Waals surface area (Å²) in [5.74, 6) is 1.39. The summed E-state index contributed by atoms with van der Waals surface area (Å²) in [7, 11) is 0. The molecule has 4 nitrogen and oxygen atoms in total. The second-order valence-corrected chi connectivity index (χ2v) is 5.16. The van der Waals surface area contributed by atoms with Gasteiger partial charge in [-0.1, -0.05) is 19.1 Å².